The summed E-state index contributed by atoms with van der Waals surface area (Å²) in [5, 5.41) is 12.4. The molecule has 27 heavy (non-hydrogen) atoms. The summed E-state index contributed by atoms with van der Waals surface area (Å²) in [7, 11) is 0. The zero-order chi connectivity index (χ0) is 19.6. The van der Waals surface area contributed by atoms with Crippen LogP contribution in [-0.2, 0) is 16.1 Å². The molecule has 0 aliphatic carbocycles. The van der Waals surface area contributed by atoms with Crippen LogP contribution in [0.4, 0.5) is 0 Å². The van der Waals surface area contributed by atoms with Crippen molar-refractivity contribution >= 4 is 23.4 Å². The van der Waals surface area contributed by atoms with E-state index in [0.717, 1.165) is 11.1 Å². The van der Waals surface area contributed by atoms with Crippen LogP contribution in [0.15, 0.2) is 54.6 Å². The van der Waals surface area contributed by atoms with Gasteiger partial charge >= 0.3 is 0 Å². The quantitative estimate of drug-likeness (QED) is 0.692. The highest BCUT2D eigenvalue weighted by molar-refractivity contribution is 6.30. The minimum absolute atomic E-state index is 0.0968. The molecule has 6 heteroatoms. The van der Waals surface area contributed by atoms with E-state index in [0.29, 0.717) is 24.4 Å². The Balaban J connectivity index is 2.39. The van der Waals surface area contributed by atoms with Gasteiger partial charge in [0.15, 0.2) is 0 Å². The van der Waals surface area contributed by atoms with Gasteiger partial charge in [0.1, 0.15) is 6.04 Å². The van der Waals surface area contributed by atoms with Crippen molar-refractivity contribution < 1.29 is 14.7 Å². The molecule has 0 saturated carbocycles. The Morgan fingerprint density at radius 2 is 1.78 bits per heavy atom. The number of rotatable bonds is 9. The fraction of sp³-hybridized carbons (Fsp3) is 0.333. The molecule has 2 rings (SSSR count). The maximum absolute atomic E-state index is 12.9. The number of nitrogens with one attached hydrogen (secondary N) is 1. The predicted octanol–water partition coefficient (Wildman–Crippen LogP) is 3.32. The molecule has 144 valence electrons. The van der Waals surface area contributed by atoms with Gasteiger partial charge in [-0.25, -0.2) is 0 Å². The maximum Gasteiger partial charge on any atom is 0.247 e. The van der Waals surface area contributed by atoms with Crippen molar-refractivity contribution in [1.29, 1.82) is 0 Å². The Labute approximate surface area is 165 Å². The standard InChI is InChI=1S/C21H25ClN2O3/c1-2-6-19(26)24(15-16-9-11-18(22)12-10-16)20(21(27)23-13-14-25)17-7-4-3-5-8-17/h3-5,7-12,20,25H,2,6,13-15H2,1H3,(H,23,27)/t20-/m1/s1. The Kier molecular flexibility index (Phi) is 8.30. The Bertz CT molecular complexity index is 735. The third-order valence-electron chi connectivity index (χ3n) is 4.14. The predicted molar refractivity (Wildman–Crippen MR) is 106 cm³/mol. The van der Waals surface area contributed by atoms with Gasteiger partial charge in [0.25, 0.3) is 0 Å². The van der Waals surface area contributed by atoms with E-state index >= 15 is 0 Å². The van der Waals surface area contributed by atoms with E-state index in [-0.39, 0.29) is 25.0 Å². The number of aliphatic hydroxyl groups excluding tert-OH is 1. The highest BCUT2D eigenvalue weighted by Crippen LogP contribution is 2.25. The molecular weight excluding hydrogens is 364 g/mol. The molecule has 0 aliphatic heterocycles. The number of hydrogen-bond acceptors (Lipinski definition) is 3. The molecule has 0 heterocycles. The lowest BCUT2D eigenvalue weighted by Gasteiger charge is -2.31. The molecule has 0 bridgehead atoms. The minimum atomic E-state index is -0.771. The summed E-state index contributed by atoms with van der Waals surface area (Å²) >= 11 is 5.96. The number of carbonyl (C=O) groups excluding carboxylic acids is 2. The van der Waals surface area contributed by atoms with Gasteiger partial charge in [0, 0.05) is 24.5 Å². The molecule has 2 aromatic rings. The molecule has 0 aliphatic rings. The number of nitrogens with zero attached hydrogens (tertiary/aromatic N) is 1. The van der Waals surface area contributed by atoms with E-state index in [1.807, 2.05) is 49.4 Å². The van der Waals surface area contributed by atoms with Crippen molar-refractivity contribution in [1.82, 2.24) is 10.2 Å². The normalized spacial score (nSPS) is 11.7. The number of carbonyl (C=O) groups is 2. The zero-order valence-corrected chi connectivity index (χ0v) is 16.2. The first kappa shape index (κ1) is 20.9. The second-order valence-electron chi connectivity index (χ2n) is 6.23. The first-order valence-corrected chi connectivity index (χ1v) is 9.42. The third-order valence-corrected chi connectivity index (χ3v) is 4.39. The second kappa shape index (κ2) is 10.7. The molecule has 5 nitrogen and oxygen atoms in total. The SMILES string of the molecule is CCCC(=O)N(Cc1ccc(Cl)cc1)[C@@H](C(=O)NCCO)c1ccccc1. The fourth-order valence-corrected chi connectivity index (χ4v) is 2.98. The van der Waals surface area contributed by atoms with Crippen LogP contribution in [0.3, 0.4) is 0 Å². The van der Waals surface area contributed by atoms with Crippen LogP contribution < -0.4 is 5.32 Å². The summed E-state index contributed by atoms with van der Waals surface area (Å²) in [6.45, 7) is 2.20. The average molecular weight is 389 g/mol. The van der Waals surface area contributed by atoms with Crippen LogP contribution in [0.25, 0.3) is 0 Å². The molecule has 0 fully saturated rings. The molecule has 1 atom stereocenters. The molecule has 0 unspecified atom stereocenters. The summed E-state index contributed by atoms with van der Waals surface area (Å²) in [6.07, 6.45) is 1.04. The van der Waals surface area contributed by atoms with Gasteiger partial charge in [-0.15, -0.1) is 0 Å². The largest absolute Gasteiger partial charge is 0.395 e. The molecule has 0 radical (unpaired) electrons. The first-order valence-electron chi connectivity index (χ1n) is 9.04. The van der Waals surface area contributed by atoms with Crippen LogP contribution >= 0.6 is 11.6 Å². The van der Waals surface area contributed by atoms with Gasteiger partial charge in [-0.1, -0.05) is 61.0 Å². The third kappa shape index (κ3) is 6.08. The molecule has 2 aromatic carbocycles. The Morgan fingerprint density at radius 3 is 2.37 bits per heavy atom. The Morgan fingerprint density at radius 1 is 1.11 bits per heavy atom. The van der Waals surface area contributed by atoms with E-state index in [9.17, 15) is 9.59 Å². The Hall–Kier alpha value is -2.37. The van der Waals surface area contributed by atoms with Crippen LogP contribution in [0, 0.1) is 0 Å². The van der Waals surface area contributed by atoms with Crippen LogP contribution in [-0.4, -0.2) is 35.0 Å². The number of halogens is 1. The molecule has 2 N–H and O–H groups in total. The van der Waals surface area contributed by atoms with Gasteiger partial charge in [0.05, 0.1) is 6.61 Å². The maximum atomic E-state index is 12.9. The van der Waals surface area contributed by atoms with E-state index < -0.39 is 6.04 Å². The smallest absolute Gasteiger partial charge is 0.247 e. The molecule has 0 aromatic heterocycles. The fourth-order valence-electron chi connectivity index (χ4n) is 2.85. The molecular formula is C21H25ClN2O3. The van der Waals surface area contributed by atoms with Crippen molar-refractivity contribution in [2.24, 2.45) is 0 Å². The van der Waals surface area contributed by atoms with Crippen molar-refractivity contribution in [3.05, 3.63) is 70.7 Å². The van der Waals surface area contributed by atoms with Crippen molar-refractivity contribution in [2.75, 3.05) is 13.2 Å². The molecule has 0 spiro atoms. The lowest BCUT2D eigenvalue weighted by molar-refractivity contribution is -0.141. The van der Waals surface area contributed by atoms with Crippen molar-refractivity contribution in [3.63, 3.8) is 0 Å². The summed E-state index contributed by atoms with van der Waals surface area (Å²) in [5.41, 5.74) is 1.62. The van der Waals surface area contributed by atoms with E-state index in [1.165, 1.54) is 0 Å². The highest BCUT2D eigenvalue weighted by atomic mass is 35.5. The van der Waals surface area contributed by atoms with E-state index in [1.54, 1.807) is 17.0 Å². The average Bonchev–Trinajstić information content (AvgIpc) is 2.68. The van der Waals surface area contributed by atoms with E-state index in [4.69, 9.17) is 16.7 Å². The molecule has 2 amide bonds. The highest BCUT2D eigenvalue weighted by Gasteiger charge is 2.30. The lowest BCUT2D eigenvalue weighted by atomic mass is 10.0. The summed E-state index contributed by atoms with van der Waals surface area (Å²) < 4.78 is 0. The topological polar surface area (TPSA) is 69.6 Å². The van der Waals surface area contributed by atoms with Crippen LogP contribution in [0.2, 0.25) is 5.02 Å². The number of aliphatic hydroxyl groups is 1. The van der Waals surface area contributed by atoms with Crippen molar-refractivity contribution in [2.45, 2.75) is 32.4 Å². The van der Waals surface area contributed by atoms with Gasteiger partial charge in [0.2, 0.25) is 11.8 Å². The first-order chi connectivity index (χ1) is 13.1. The van der Waals surface area contributed by atoms with Crippen LogP contribution in [0.5, 0.6) is 0 Å². The molecule has 0 saturated heterocycles. The number of benzene rings is 2. The van der Waals surface area contributed by atoms with Gasteiger partial charge in [-0.3, -0.25) is 9.59 Å². The van der Waals surface area contributed by atoms with Gasteiger partial charge < -0.3 is 15.3 Å². The number of amides is 2. The summed E-state index contributed by atoms with van der Waals surface area (Å²) in [4.78, 5) is 27.3. The van der Waals surface area contributed by atoms with Gasteiger partial charge in [-0.05, 0) is 29.7 Å². The second-order valence-corrected chi connectivity index (χ2v) is 6.66. The van der Waals surface area contributed by atoms with Crippen LogP contribution in [0.1, 0.15) is 36.9 Å². The summed E-state index contributed by atoms with van der Waals surface area (Å²) in [5.74, 6) is -0.408. The minimum Gasteiger partial charge on any atom is -0.395 e. The lowest BCUT2D eigenvalue weighted by Crippen LogP contribution is -2.44. The van der Waals surface area contributed by atoms with Gasteiger partial charge in [-0.2, -0.15) is 0 Å². The monoisotopic (exact) mass is 388 g/mol. The zero-order valence-electron chi connectivity index (χ0n) is 15.4. The van der Waals surface area contributed by atoms with E-state index in [2.05, 4.69) is 5.32 Å². The number of hydrogen-bond donors (Lipinski definition) is 2. The van der Waals surface area contributed by atoms with Crippen molar-refractivity contribution in [3.8, 4) is 0 Å². The summed E-state index contributed by atoms with van der Waals surface area (Å²) in [6, 6.07) is 15.7.